The summed E-state index contributed by atoms with van der Waals surface area (Å²) in [7, 11) is 0. The Morgan fingerprint density at radius 3 is 3.00 bits per heavy atom. The first-order valence-corrected chi connectivity index (χ1v) is 5.73. The summed E-state index contributed by atoms with van der Waals surface area (Å²) in [6, 6.07) is 5.82. The van der Waals surface area contributed by atoms with Crippen molar-refractivity contribution in [1.82, 2.24) is 2.78 Å². The summed E-state index contributed by atoms with van der Waals surface area (Å²) < 4.78 is 3.65. The standard InChI is InChI=1S/C7H3BrINOS/c8-4-1-2-5-6(3-4)12-7(11)10(5)9/h1-3H. The molecule has 0 radical (unpaired) electrons. The van der Waals surface area contributed by atoms with Gasteiger partial charge in [0.15, 0.2) is 0 Å². The Hall–Kier alpha value is 0.120. The third kappa shape index (κ3) is 1.33. The van der Waals surface area contributed by atoms with Gasteiger partial charge < -0.3 is 0 Å². The predicted octanol–water partition coefficient (Wildman–Crippen LogP) is 3.02. The zero-order chi connectivity index (χ0) is 8.72. The summed E-state index contributed by atoms with van der Waals surface area (Å²) in [4.78, 5) is 11.3. The maximum atomic E-state index is 11.2. The Morgan fingerprint density at radius 1 is 1.50 bits per heavy atom. The molecule has 0 N–H and O–H groups in total. The minimum atomic E-state index is 0.0729. The van der Waals surface area contributed by atoms with Gasteiger partial charge in [0.05, 0.1) is 33.1 Å². The van der Waals surface area contributed by atoms with Gasteiger partial charge in [-0.05, 0) is 18.2 Å². The fourth-order valence-electron chi connectivity index (χ4n) is 0.964. The number of aromatic nitrogens is 1. The molecule has 2 rings (SSSR count). The van der Waals surface area contributed by atoms with E-state index in [1.165, 1.54) is 11.3 Å². The summed E-state index contributed by atoms with van der Waals surface area (Å²) in [5, 5.41) is 0. The van der Waals surface area contributed by atoms with Crippen molar-refractivity contribution >= 4 is 60.3 Å². The van der Waals surface area contributed by atoms with E-state index in [-0.39, 0.29) is 4.87 Å². The Balaban J connectivity index is 2.96. The fourth-order valence-corrected chi connectivity index (χ4v) is 3.17. The Morgan fingerprint density at radius 2 is 2.25 bits per heavy atom. The third-order valence-corrected chi connectivity index (χ3v) is 4.17. The van der Waals surface area contributed by atoms with E-state index in [4.69, 9.17) is 0 Å². The van der Waals surface area contributed by atoms with Crippen LogP contribution in [0.25, 0.3) is 10.2 Å². The molecule has 1 aromatic heterocycles. The van der Waals surface area contributed by atoms with Crippen molar-refractivity contribution in [2.24, 2.45) is 0 Å². The molecule has 0 saturated carbocycles. The third-order valence-electron chi connectivity index (χ3n) is 1.49. The summed E-state index contributed by atoms with van der Waals surface area (Å²) in [5.41, 5.74) is 0.980. The van der Waals surface area contributed by atoms with Gasteiger partial charge in [-0.3, -0.25) is 4.79 Å². The minimum Gasteiger partial charge on any atom is -0.256 e. The largest absolute Gasteiger partial charge is 0.317 e. The second-order valence-electron chi connectivity index (χ2n) is 2.26. The van der Waals surface area contributed by atoms with E-state index in [2.05, 4.69) is 15.9 Å². The van der Waals surface area contributed by atoms with Crippen LogP contribution in [0.3, 0.4) is 0 Å². The van der Waals surface area contributed by atoms with Gasteiger partial charge in [-0.2, -0.15) is 0 Å². The molecule has 0 aliphatic carbocycles. The van der Waals surface area contributed by atoms with E-state index in [0.717, 1.165) is 14.7 Å². The Kier molecular flexibility index (Phi) is 2.26. The van der Waals surface area contributed by atoms with E-state index in [0.29, 0.717) is 0 Å². The molecule has 2 aromatic rings. The fraction of sp³-hybridized carbons (Fsp3) is 0. The Labute approximate surface area is 94.8 Å². The van der Waals surface area contributed by atoms with Crippen LogP contribution in [-0.4, -0.2) is 2.78 Å². The van der Waals surface area contributed by atoms with E-state index in [9.17, 15) is 4.79 Å². The van der Waals surface area contributed by atoms with Crippen molar-refractivity contribution in [3.63, 3.8) is 0 Å². The van der Waals surface area contributed by atoms with Crippen molar-refractivity contribution in [2.45, 2.75) is 0 Å². The van der Waals surface area contributed by atoms with E-state index in [1.54, 1.807) is 2.78 Å². The first kappa shape index (κ1) is 8.71. The van der Waals surface area contributed by atoms with Gasteiger partial charge in [-0.25, -0.2) is 2.78 Å². The highest BCUT2D eigenvalue weighted by Crippen LogP contribution is 2.22. The SMILES string of the molecule is O=c1sc2cc(Br)ccc2n1I. The average Bonchev–Trinajstić information content (AvgIpc) is 2.28. The van der Waals surface area contributed by atoms with Crippen LogP contribution in [0.1, 0.15) is 0 Å². The molecule has 0 atom stereocenters. The smallest absolute Gasteiger partial charge is 0.256 e. The number of thiazole rings is 1. The monoisotopic (exact) mass is 355 g/mol. The van der Waals surface area contributed by atoms with Crippen LogP contribution in [0, 0.1) is 0 Å². The summed E-state index contributed by atoms with van der Waals surface area (Å²) in [6.07, 6.45) is 0. The van der Waals surface area contributed by atoms with Gasteiger partial charge in [0.2, 0.25) is 0 Å². The number of rotatable bonds is 0. The molecule has 0 aliphatic heterocycles. The molecule has 0 spiro atoms. The average molecular weight is 356 g/mol. The zero-order valence-corrected chi connectivity index (χ0v) is 10.3. The molecule has 0 fully saturated rings. The zero-order valence-electron chi connectivity index (χ0n) is 5.75. The molecule has 12 heavy (non-hydrogen) atoms. The summed E-state index contributed by atoms with van der Waals surface area (Å²) in [5.74, 6) is 0. The summed E-state index contributed by atoms with van der Waals surface area (Å²) in [6.45, 7) is 0. The maximum absolute atomic E-state index is 11.2. The lowest BCUT2D eigenvalue weighted by atomic mass is 10.3. The second kappa shape index (κ2) is 3.12. The highest BCUT2D eigenvalue weighted by Gasteiger charge is 2.03. The van der Waals surface area contributed by atoms with Crippen molar-refractivity contribution in [2.75, 3.05) is 0 Å². The van der Waals surface area contributed by atoms with Crippen LogP contribution < -0.4 is 4.87 Å². The lowest BCUT2D eigenvalue weighted by molar-refractivity contribution is 1.36. The predicted molar refractivity (Wildman–Crippen MR) is 63.2 cm³/mol. The molecule has 0 bridgehead atoms. The van der Waals surface area contributed by atoms with Crippen LogP contribution in [0.15, 0.2) is 27.5 Å². The van der Waals surface area contributed by atoms with Crippen molar-refractivity contribution < 1.29 is 0 Å². The van der Waals surface area contributed by atoms with Crippen LogP contribution >= 0.6 is 50.1 Å². The van der Waals surface area contributed by atoms with Crippen LogP contribution in [-0.2, 0) is 0 Å². The molecule has 1 aromatic carbocycles. The minimum absolute atomic E-state index is 0.0729. The first-order valence-electron chi connectivity index (χ1n) is 3.16. The molecule has 2 nitrogen and oxygen atoms in total. The maximum Gasteiger partial charge on any atom is 0.317 e. The molecular weight excluding hydrogens is 353 g/mol. The number of hydrogen-bond donors (Lipinski definition) is 0. The second-order valence-corrected chi connectivity index (χ2v) is 5.13. The molecule has 0 amide bonds. The van der Waals surface area contributed by atoms with Crippen molar-refractivity contribution in [3.8, 4) is 0 Å². The normalized spacial score (nSPS) is 10.8. The molecule has 0 saturated heterocycles. The molecule has 0 unspecified atom stereocenters. The van der Waals surface area contributed by atoms with Crippen LogP contribution in [0.2, 0.25) is 0 Å². The van der Waals surface area contributed by atoms with Gasteiger partial charge >= 0.3 is 4.87 Å². The van der Waals surface area contributed by atoms with Crippen LogP contribution in [0.5, 0.6) is 0 Å². The van der Waals surface area contributed by atoms with Crippen molar-refractivity contribution in [3.05, 3.63) is 32.3 Å². The van der Waals surface area contributed by atoms with Gasteiger partial charge in [0, 0.05) is 4.47 Å². The summed E-state index contributed by atoms with van der Waals surface area (Å²) >= 11 is 6.63. The molecule has 5 heteroatoms. The molecular formula is C7H3BrINOS. The molecule has 1 heterocycles. The van der Waals surface area contributed by atoms with E-state index in [1.807, 2.05) is 41.1 Å². The number of nitrogens with zero attached hydrogens (tertiary/aromatic N) is 1. The van der Waals surface area contributed by atoms with Gasteiger partial charge in [0.1, 0.15) is 0 Å². The quantitative estimate of drug-likeness (QED) is 0.666. The topological polar surface area (TPSA) is 22.0 Å². The lowest BCUT2D eigenvalue weighted by Crippen LogP contribution is -1.99. The highest BCUT2D eigenvalue weighted by atomic mass is 127. The highest BCUT2D eigenvalue weighted by molar-refractivity contribution is 14.1. The van der Waals surface area contributed by atoms with Gasteiger partial charge in [-0.15, -0.1) is 0 Å². The number of hydrogen-bond acceptors (Lipinski definition) is 2. The first-order chi connectivity index (χ1) is 5.68. The molecule has 62 valence electrons. The van der Waals surface area contributed by atoms with E-state index < -0.39 is 0 Å². The van der Waals surface area contributed by atoms with Gasteiger partial charge in [-0.1, -0.05) is 27.3 Å². The number of fused-ring (bicyclic) bond motifs is 1. The number of halogens is 2. The number of benzene rings is 1. The molecule has 0 aliphatic rings. The Bertz CT molecular complexity index is 490. The lowest BCUT2D eigenvalue weighted by Gasteiger charge is -1.91. The van der Waals surface area contributed by atoms with Crippen molar-refractivity contribution in [1.29, 1.82) is 0 Å². The van der Waals surface area contributed by atoms with E-state index >= 15 is 0 Å². The van der Waals surface area contributed by atoms with Gasteiger partial charge in [0.25, 0.3) is 0 Å². The van der Waals surface area contributed by atoms with Crippen LogP contribution in [0.4, 0.5) is 0 Å².